The minimum absolute atomic E-state index is 0.251. The maximum absolute atomic E-state index is 13.7. The zero-order valence-corrected chi connectivity index (χ0v) is 6.92. The number of terminal acetylenes is 1. The fourth-order valence-electron chi connectivity index (χ4n) is 0.954. The highest BCUT2D eigenvalue weighted by Crippen LogP contribution is 2.26. The third kappa shape index (κ3) is 1.45. The standard InChI is InChI=1S/C10H10FN/c1-3-10(11,4-2)9-7-5-6-8-12-9/h1,5-8H,4H2,2H3. The van der Waals surface area contributed by atoms with E-state index >= 15 is 0 Å². The molecule has 0 aliphatic rings. The summed E-state index contributed by atoms with van der Waals surface area (Å²) in [5, 5.41) is 0. The highest BCUT2D eigenvalue weighted by Gasteiger charge is 2.27. The first-order valence-electron chi connectivity index (χ1n) is 3.81. The van der Waals surface area contributed by atoms with Gasteiger partial charge < -0.3 is 0 Å². The van der Waals surface area contributed by atoms with Gasteiger partial charge in [0.15, 0.2) is 0 Å². The SMILES string of the molecule is C#CC(F)(CC)c1ccccn1. The van der Waals surface area contributed by atoms with E-state index in [9.17, 15) is 4.39 Å². The number of aromatic nitrogens is 1. The fraction of sp³-hybridized carbons (Fsp3) is 0.300. The molecule has 0 radical (unpaired) electrons. The largest absolute Gasteiger partial charge is 0.257 e. The van der Waals surface area contributed by atoms with E-state index < -0.39 is 5.67 Å². The van der Waals surface area contributed by atoms with Crippen molar-refractivity contribution in [3.8, 4) is 12.3 Å². The fourth-order valence-corrected chi connectivity index (χ4v) is 0.954. The summed E-state index contributed by atoms with van der Waals surface area (Å²) in [6.07, 6.45) is 6.87. The smallest absolute Gasteiger partial charge is 0.212 e. The zero-order valence-electron chi connectivity index (χ0n) is 6.92. The predicted molar refractivity (Wildman–Crippen MR) is 46.1 cm³/mol. The molecule has 1 rings (SSSR count). The molecule has 0 amide bonds. The molecule has 0 saturated heterocycles. The van der Waals surface area contributed by atoms with Crippen molar-refractivity contribution < 1.29 is 4.39 Å². The van der Waals surface area contributed by atoms with Gasteiger partial charge in [0.1, 0.15) is 0 Å². The highest BCUT2D eigenvalue weighted by atomic mass is 19.1. The predicted octanol–water partition coefficient (Wildman–Crippen LogP) is 2.29. The number of alkyl halides is 1. The topological polar surface area (TPSA) is 12.9 Å². The van der Waals surface area contributed by atoms with Crippen LogP contribution in [-0.2, 0) is 5.67 Å². The molecule has 0 fully saturated rings. The molecule has 1 aromatic rings. The Morgan fingerprint density at radius 1 is 1.67 bits per heavy atom. The van der Waals surface area contributed by atoms with Crippen LogP contribution in [0.4, 0.5) is 4.39 Å². The Hall–Kier alpha value is -1.36. The van der Waals surface area contributed by atoms with Crippen LogP contribution in [0, 0.1) is 12.3 Å². The van der Waals surface area contributed by atoms with Crippen molar-refractivity contribution in [1.29, 1.82) is 0 Å². The van der Waals surface area contributed by atoms with Crippen molar-refractivity contribution >= 4 is 0 Å². The third-order valence-corrected chi connectivity index (χ3v) is 1.79. The summed E-state index contributed by atoms with van der Waals surface area (Å²) in [5.74, 6) is 2.12. The van der Waals surface area contributed by atoms with E-state index in [1.54, 1.807) is 25.1 Å². The molecule has 0 spiro atoms. The van der Waals surface area contributed by atoms with Gasteiger partial charge in [-0.25, -0.2) is 4.39 Å². The first-order valence-corrected chi connectivity index (χ1v) is 3.81. The number of hydrogen-bond acceptors (Lipinski definition) is 1. The van der Waals surface area contributed by atoms with Crippen LogP contribution in [-0.4, -0.2) is 4.98 Å². The van der Waals surface area contributed by atoms with Crippen LogP contribution in [0.1, 0.15) is 19.0 Å². The normalized spacial score (nSPS) is 14.8. The second-order valence-electron chi connectivity index (χ2n) is 2.51. The van der Waals surface area contributed by atoms with Crippen LogP contribution in [0.5, 0.6) is 0 Å². The van der Waals surface area contributed by atoms with Gasteiger partial charge in [-0.15, -0.1) is 6.42 Å². The average molecular weight is 163 g/mol. The van der Waals surface area contributed by atoms with E-state index in [4.69, 9.17) is 6.42 Å². The second-order valence-corrected chi connectivity index (χ2v) is 2.51. The molecule has 0 bridgehead atoms. The van der Waals surface area contributed by atoms with Crippen LogP contribution in [0.3, 0.4) is 0 Å². The van der Waals surface area contributed by atoms with Gasteiger partial charge in [-0.2, -0.15) is 0 Å². The number of rotatable bonds is 2. The van der Waals surface area contributed by atoms with Gasteiger partial charge in [-0.3, -0.25) is 4.98 Å². The van der Waals surface area contributed by atoms with Gasteiger partial charge in [0.2, 0.25) is 5.67 Å². The minimum atomic E-state index is -1.71. The van der Waals surface area contributed by atoms with Crippen molar-refractivity contribution in [3.05, 3.63) is 30.1 Å². The Morgan fingerprint density at radius 3 is 2.83 bits per heavy atom. The van der Waals surface area contributed by atoms with Crippen molar-refractivity contribution in [2.45, 2.75) is 19.0 Å². The summed E-state index contributed by atoms with van der Waals surface area (Å²) in [6.45, 7) is 1.70. The van der Waals surface area contributed by atoms with E-state index in [2.05, 4.69) is 10.9 Å². The van der Waals surface area contributed by atoms with Gasteiger partial charge in [-0.1, -0.05) is 18.9 Å². The van der Waals surface area contributed by atoms with Crippen LogP contribution < -0.4 is 0 Å². The Labute approximate surface area is 71.6 Å². The molecule has 1 heterocycles. The lowest BCUT2D eigenvalue weighted by Gasteiger charge is -2.15. The Balaban J connectivity index is 3.06. The molecule has 2 heteroatoms. The lowest BCUT2D eigenvalue weighted by molar-refractivity contribution is 0.233. The number of hydrogen-bond donors (Lipinski definition) is 0. The maximum atomic E-state index is 13.7. The zero-order chi connectivity index (χ0) is 9.03. The first kappa shape index (κ1) is 8.73. The average Bonchev–Trinajstić information content (AvgIpc) is 2.18. The first-order chi connectivity index (χ1) is 5.73. The van der Waals surface area contributed by atoms with Crippen LogP contribution in [0.25, 0.3) is 0 Å². The van der Waals surface area contributed by atoms with Crippen LogP contribution in [0.15, 0.2) is 24.4 Å². The van der Waals surface area contributed by atoms with E-state index in [0.717, 1.165) is 0 Å². The van der Waals surface area contributed by atoms with Crippen molar-refractivity contribution in [2.24, 2.45) is 0 Å². The van der Waals surface area contributed by atoms with E-state index in [1.807, 2.05) is 0 Å². The molecule has 0 aliphatic heterocycles. The lowest BCUT2D eigenvalue weighted by Crippen LogP contribution is -2.17. The highest BCUT2D eigenvalue weighted by molar-refractivity contribution is 5.23. The molecule has 0 saturated carbocycles. The number of nitrogens with zero attached hydrogens (tertiary/aromatic N) is 1. The van der Waals surface area contributed by atoms with Crippen LogP contribution >= 0.6 is 0 Å². The van der Waals surface area contributed by atoms with Crippen molar-refractivity contribution in [3.63, 3.8) is 0 Å². The third-order valence-electron chi connectivity index (χ3n) is 1.79. The van der Waals surface area contributed by atoms with E-state index in [-0.39, 0.29) is 6.42 Å². The van der Waals surface area contributed by atoms with Gasteiger partial charge >= 0.3 is 0 Å². The molecular weight excluding hydrogens is 153 g/mol. The minimum Gasteiger partial charge on any atom is -0.257 e. The molecule has 1 unspecified atom stereocenters. The monoisotopic (exact) mass is 163 g/mol. The van der Waals surface area contributed by atoms with Gasteiger partial charge in [-0.05, 0) is 18.6 Å². The molecule has 62 valence electrons. The summed E-state index contributed by atoms with van der Waals surface area (Å²) in [6, 6.07) is 5.06. The summed E-state index contributed by atoms with van der Waals surface area (Å²) in [5.41, 5.74) is -1.39. The molecule has 0 aliphatic carbocycles. The Bertz CT molecular complexity index is 288. The molecule has 12 heavy (non-hydrogen) atoms. The van der Waals surface area contributed by atoms with Crippen molar-refractivity contribution in [1.82, 2.24) is 4.98 Å². The molecule has 1 aromatic heterocycles. The molecule has 0 N–H and O–H groups in total. The summed E-state index contributed by atoms with van der Waals surface area (Å²) in [7, 11) is 0. The molecular formula is C10H10FN. The molecule has 1 nitrogen and oxygen atoms in total. The van der Waals surface area contributed by atoms with Gasteiger partial charge in [0.25, 0.3) is 0 Å². The maximum Gasteiger partial charge on any atom is 0.212 e. The van der Waals surface area contributed by atoms with Gasteiger partial charge in [0.05, 0.1) is 5.69 Å². The summed E-state index contributed by atoms with van der Waals surface area (Å²) < 4.78 is 13.7. The number of halogens is 1. The van der Waals surface area contributed by atoms with E-state index in [1.165, 1.54) is 6.20 Å². The summed E-state index contributed by atoms with van der Waals surface area (Å²) in [4.78, 5) is 3.88. The Kier molecular flexibility index (Phi) is 2.44. The quantitative estimate of drug-likeness (QED) is 0.609. The summed E-state index contributed by atoms with van der Waals surface area (Å²) >= 11 is 0. The Morgan fingerprint density at radius 2 is 2.42 bits per heavy atom. The lowest BCUT2D eigenvalue weighted by atomic mass is 9.99. The molecule has 0 aromatic carbocycles. The number of pyridine rings is 1. The van der Waals surface area contributed by atoms with Crippen molar-refractivity contribution in [2.75, 3.05) is 0 Å². The van der Waals surface area contributed by atoms with Gasteiger partial charge in [0, 0.05) is 6.20 Å². The van der Waals surface area contributed by atoms with E-state index in [0.29, 0.717) is 5.69 Å². The van der Waals surface area contributed by atoms with Crippen LogP contribution in [0.2, 0.25) is 0 Å². The second kappa shape index (κ2) is 3.36. The molecule has 1 atom stereocenters.